The normalized spacial score (nSPS) is 23.9. The second-order valence-corrected chi connectivity index (χ2v) is 6.26. The van der Waals surface area contributed by atoms with Gasteiger partial charge in [0.2, 0.25) is 0 Å². The van der Waals surface area contributed by atoms with E-state index in [-0.39, 0.29) is 5.97 Å². The first-order valence-electron chi connectivity index (χ1n) is 7.87. The van der Waals surface area contributed by atoms with Crippen molar-refractivity contribution in [3.63, 3.8) is 0 Å². The molecule has 0 spiro atoms. The van der Waals surface area contributed by atoms with Crippen LogP contribution in [0.1, 0.15) is 59.3 Å². The topological polar surface area (TPSA) is 29.5 Å². The third kappa shape index (κ3) is 5.94. The van der Waals surface area contributed by atoms with Crippen LogP contribution in [0.5, 0.6) is 0 Å². The molecule has 0 aliphatic heterocycles. The summed E-state index contributed by atoms with van der Waals surface area (Å²) in [6, 6.07) is 0.646. The number of rotatable bonds is 7. The molecule has 1 rings (SSSR count). The SMILES string of the molecule is CCCN(CC1CCC(CC(=O)OC)CC1)C(C)C. The van der Waals surface area contributed by atoms with Gasteiger partial charge in [0.1, 0.15) is 0 Å². The van der Waals surface area contributed by atoms with Gasteiger partial charge in [-0.1, -0.05) is 6.92 Å². The monoisotopic (exact) mass is 269 g/mol. The lowest BCUT2D eigenvalue weighted by atomic mass is 9.80. The number of hydrogen-bond donors (Lipinski definition) is 0. The van der Waals surface area contributed by atoms with Crippen molar-refractivity contribution in [1.29, 1.82) is 0 Å². The van der Waals surface area contributed by atoms with Crippen molar-refractivity contribution in [2.45, 2.75) is 65.3 Å². The van der Waals surface area contributed by atoms with Crippen LogP contribution in [-0.4, -0.2) is 37.1 Å². The standard InChI is InChI=1S/C16H31NO2/c1-5-10-17(13(2)3)12-15-8-6-14(7-9-15)11-16(18)19-4/h13-15H,5-12H2,1-4H3. The van der Waals surface area contributed by atoms with Crippen LogP contribution >= 0.6 is 0 Å². The first-order valence-corrected chi connectivity index (χ1v) is 7.87. The fraction of sp³-hybridized carbons (Fsp3) is 0.938. The number of nitrogens with zero attached hydrogens (tertiary/aromatic N) is 1. The van der Waals surface area contributed by atoms with Crippen LogP contribution in [0.25, 0.3) is 0 Å². The van der Waals surface area contributed by atoms with E-state index in [0.717, 1.165) is 5.92 Å². The average molecular weight is 269 g/mol. The van der Waals surface area contributed by atoms with Crippen molar-refractivity contribution >= 4 is 5.97 Å². The fourth-order valence-electron chi connectivity index (χ4n) is 3.12. The molecule has 0 bridgehead atoms. The summed E-state index contributed by atoms with van der Waals surface area (Å²) in [4.78, 5) is 13.9. The Morgan fingerprint density at radius 2 is 1.79 bits per heavy atom. The van der Waals surface area contributed by atoms with E-state index in [1.54, 1.807) is 0 Å². The molecule has 0 N–H and O–H groups in total. The third-order valence-electron chi connectivity index (χ3n) is 4.38. The molecule has 3 heteroatoms. The molecule has 0 saturated heterocycles. The van der Waals surface area contributed by atoms with Gasteiger partial charge < -0.3 is 9.64 Å². The van der Waals surface area contributed by atoms with Gasteiger partial charge in [-0.15, -0.1) is 0 Å². The van der Waals surface area contributed by atoms with Gasteiger partial charge >= 0.3 is 5.97 Å². The van der Waals surface area contributed by atoms with Crippen molar-refractivity contribution in [2.75, 3.05) is 20.2 Å². The molecule has 0 aromatic carbocycles. The molecule has 112 valence electrons. The Kier molecular flexibility index (Phi) is 7.44. The van der Waals surface area contributed by atoms with Gasteiger partial charge in [-0.2, -0.15) is 0 Å². The number of hydrogen-bond acceptors (Lipinski definition) is 3. The van der Waals surface area contributed by atoms with Crippen LogP contribution in [0.2, 0.25) is 0 Å². The lowest BCUT2D eigenvalue weighted by Crippen LogP contribution is -2.37. The second-order valence-electron chi connectivity index (χ2n) is 6.26. The number of carbonyl (C=O) groups is 1. The van der Waals surface area contributed by atoms with Crippen molar-refractivity contribution in [3.8, 4) is 0 Å². The maximum Gasteiger partial charge on any atom is 0.305 e. The average Bonchev–Trinajstić information content (AvgIpc) is 2.40. The van der Waals surface area contributed by atoms with Crippen LogP contribution in [0.3, 0.4) is 0 Å². The smallest absolute Gasteiger partial charge is 0.305 e. The maximum atomic E-state index is 11.3. The highest BCUT2D eigenvalue weighted by Gasteiger charge is 2.25. The molecule has 3 nitrogen and oxygen atoms in total. The summed E-state index contributed by atoms with van der Waals surface area (Å²) in [7, 11) is 1.49. The molecule has 0 amide bonds. The predicted octanol–water partition coefficient (Wildman–Crippen LogP) is 3.48. The molecule has 0 heterocycles. The van der Waals surface area contributed by atoms with Crippen LogP contribution in [0.15, 0.2) is 0 Å². The number of carbonyl (C=O) groups excluding carboxylic acids is 1. The van der Waals surface area contributed by atoms with E-state index in [1.807, 2.05) is 0 Å². The van der Waals surface area contributed by atoms with Crippen molar-refractivity contribution in [2.24, 2.45) is 11.8 Å². The zero-order chi connectivity index (χ0) is 14.3. The Labute approximate surface area is 118 Å². The van der Waals surface area contributed by atoms with Crippen LogP contribution in [0, 0.1) is 11.8 Å². The molecule has 1 fully saturated rings. The van der Waals surface area contributed by atoms with E-state index in [0.29, 0.717) is 18.4 Å². The summed E-state index contributed by atoms with van der Waals surface area (Å²) >= 11 is 0. The second kappa shape index (κ2) is 8.57. The minimum Gasteiger partial charge on any atom is -0.469 e. The van der Waals surface area contributed by atoms with Gasteiger partial charge in [0, 0.05) is 19.0 Å². The summed E-state index contributed by atoms with van der Waals surface area (Å²) in [6.45, 7) is 9.27. The van der Waals surface area contributed by atoms with Crippen molar-refractivity contribution in [1.82, 2.24) is 4.90 Å². The van der Waals surface area contributed by atoms with Gasteiger partial charge in [0.05, 0.1) is 7.11 Å². The highest BCUT2D eigenvalue weighted by atomic mass is 16.5. The first kappa shape index (κ1) is 16.5. The van der Waals surface area contributed by atoms with E-state index in [9.17, 15) is 4.79 Å². The van der Waals surface area contributed by atoms with Crippen molar-refractivity contribution in [3.05, 3.63) is 0 Å². The van der Waals surface area contributed by atoms with E-state index in [4.69, 9.17) is 4.74 Å². The van der Waals surface area contributed by atoms with E-state index in [2.05, 4.69) is 25.7 Å². The van der Waals surface area contributed by atoms with Gasteiger partial charge in [0.15, 0.2) is 0 Å². The third-order valence-corrected chi connectivity index (χ3v) is 4.38. The van der Waals surface area contributed by atoms with Crippen LogP contribution < -0.4 is 0 Å². The Balaban J connectivity index is 2.30. The quantitative estimate of drug-likeness (QED) is 0.663. The minimum atomic E-state index is -0.0433. The molecule has 1 aliphatic rings. The van der Waals surface area contributed by atoms with Gasteiger partial charge in [-0.25, -0.2) is 0 Å². The van der Waals surface area contributed by atoms with Crippen LogP contribution in [-0.2, 0) is 9.53 Å². The molecular formula is C16H31NO2. The number of esters is 1. The molecule has 1 saturated carbocycles. The first-order chi connectivity index (χ1) is 9.06. The Morgan fingerprint density at radius 3 is 2.26 bits per heavy atom. The molecule has 0 aromatic heterocycles. The fourth-order valence-corrected chi connectivity index (χ4v) is 3.12. The predicted molar refractivity (Wildman–Crippen MR) is 79.1 cm³/mol. The molecule has 0 aromatic rings. The number of methoxy groups -OCH3 is 1. The van der Waals surface area contributed by atoms with Crippen LogP contribution in [0.4, 0.5) is 0 Å². The highest BCUT2D eigenvalue weighted by Crippen LogP contribution is 2.31. The van der Waals surface area contributed by atoms with Gasteiger partial charge in [0.25, 0.3) is 0 Å². The van der Waals surface area contributed by atoms with E-state index >= 15 is 0 Å². The zero-order valence-electron chi connectivity index (χ0n) is 13.2. The highest BCUT2D eigenvalue weighted by molar-refractivity contribution is 5.69. The lowest BCUT2D eigenvalue weighted by molar-refractivity contribution is -0.142. The molecular weight excluding hydrogens is 238 g/mol. The zero-order valence-corrected chi connectivity index (χ0v) is 13.2. The van der Waals surface area contributed by atoms with Gasteiger partial charge in [-0.3, -0.25) is 4.79 Å². The molecule has 0 radical (unpaired) electrons. The van der Waals surface area contributed by atoms with Crippen molar-refractivity contribution < 1.29 is 9.53 Å². The summed E-state index contributed by atoms with van der Waals surface area (Å²) in [6.07, 6.45) is 6.78. The minimum absolute atomic E-state index is 0.0433. The number of ether oxygens (including phenoxy) is 1. The van der Waals surface area contributed by atoms with E-state index < -0.39 is 0 Å². The lowest BCUT2D eigenvalue weighted by Gasteiger charge is -2.34. The molecule has 0 atom stereocenters. The van der Waals surface area contributed by atoms with Gasteiger partial charge in [-0.05, 0) is 64.3 Å². The Bertz CT molecular complexity index is 257. The summed E-state index contributed by atoms with van der Waals surface area (Å²) < 4.78 is 4.76. The Hall–Kier alpha value is -0.570. The summed E-state index contributed by atoms with van der Waals surface area (Å²) in [5.41, 5.74) is 0. The maximum absolute atomic E-state index is 11.3. The summed E-state index contributed by atoms with van der Waals surface area (Å²) in [5, 5.41) is 0. The molecule has 19 heavy (non-hydrogen) atoms. The van der Waals surface area contributed by atoms with E-state index in [1.165, 1.54) is 52.3 Å². The molecule has 1 aliphatic carbocycles. The Morgan fingerprint density at radius 1 is 1.21 bits per heavy atom. The molecule has 0 unspecified atom stereocenters. The largest absolute Gasteiger partial charge is 0.469 e. The summed E-state index contributed by atoms with van der Waals surface area (Å²) in [5.74, 6) is 1.34.